The van der Waals surface area contributed by atoms with Crippen molar-refractivity contribution < 1.29 is 44.6 Å². The Balaban J connectivity index is 2.43. The van der Waals surface area contributed by atoms with E-state index in [0.29, 0.717) is 12.8 Å². The Morgan fingerprint density at radius 3 is 1.40 bits per heavy atom. The van der Waals surface area contributed by atoms with Gasteiger partial charge in [-0.1, -0.05) is 220 Å². The summed E-state index contributed by atoms with van der Waals surface area (Å²) in [6.45, 7) is 7.21. The maximum Gasteiger partial charge on any atom is 0.220 e. The van der Waals surface area contributed by atoms with Gasteiger partial charge in [0.15, 0.2) is 6.29 Å². The maximum absolute atomic E-state index is 13.2. The molecule has 0 aliphatic carbocycles. The van der Waals surface area contributed by atoms with Crippen molar-refractivity contribution in [3.63, 3.8) is 0 Å². The predicted octanol–water partition coefficient (Wildman–Crippen LogP) is 10.1. The molecule has 0 aromatic carbocycles. The van der Waals surface area contributed by atoms with Crippen LogP contribution >= 0.6 is 0 Å². The molecule has 7 N–H and O–H groups in total. The third-order valence-corrected chi connectivity index (χ3v) is 12.9. The van der Waals surface area contributed by atoms with Crippen molar-refractivity contribution in [3.8, 4) is 0 Å². The molecule has 2 amide bonds. The van der Waals surface area contributed by atoms with Gasteiger partial charge in [-0.15, -0.1) is 0 Å². The Bertz CT molecular complexity index is 1040. The largest absolute Gasteiger partial charge is 0.394 e. The second-order valence-electron chi connectivity index (χ2n) is 19.3. The number of ether oxygens (including phenoxy) is 2. The number of hydrogen-bond acceptors (Lipinski definition) is 9. The molecule has 0 aromatic heterocycles. The van der Waals surface area contributed by atoms with E-state index in [1.54, 1.807) is 0 Å². The van der Waals surface area contributed by atoms with Gasteiger partial charge in [-0.3, -0.25) is 9.59 Å². The first-order valence-electron chi connectivity index (χ1n) is 26.2. The van der Waals surface area contributed by atoms with Gasteiger partial charge in [0.05, 0.1) is 25.4 Å². The van der Waals surface area contributed by atoms with E-state index in [4.69, 9.17) is 9.47 Å². The molecule has 1 aliphatic heterocycles. The molecule has 8 atom stereocenters. The lowest BCUT2D eigenvalue weighted by Crippen LogP contribution is -2.65. The van der Waals surface area contributed by atoms with Gasteiger partial charge >= 0.3 is 0 Å². The third kappa shape index (κ3) is 30.7. The monoisotopic (exact) mass is 885 g/mol. The average molecular weight is 885 g/mol. The lowest BCUT2D eigenvalue weighted by molar-refractivity contribution is -0.272. The molecule has 368 valence electrons. The van der Waals surface area contributed by atoms with Crippen LogP contribution in [0, 0.1) is 5.92 Å². The van der Waals surface area contributed by atoms with Crippen molar-refractivity contribution >= 4 is 11.8 Å². The number of unbranched alkanes of at least 4 members (excludes halogenated alkanes) is 29. The average Bonchev–Trinajstić information content (AvgIpc) is 3.24. The van der Waals surface area contributed by atoms with E-state index in [1.807, 2.05) is 0 Å². The lowest BCUT2D eigenvalue weighted by atomic mass is 9.96. The standard InChI is InChI=1S/C51H100N2O9/c1-5-6-7-8-9-10-11-12-13-14-15-16-17-18-19-20-21-26-29-32-35-38-46(57)53-43(40-61-51-47(52-42(4)55)50(60)49(59)45(39-54)62-51)48(58)44(56)37-34-31-28-25-23-22-24-27-30-33-36-41(2)3/h41,43-45,47-51,54,56,58-60H,5-40H2,1-4H3,(H,52,55)(H,53,57)/t43-,44+,45+,47-,48+,49+,50+,51-/m0/s1. The maximum atomic E-state index is 13.2. The van der Waals surface area contributed by atoms with Gasteiger partial charge in [0.1, 0.15) is 30.5 Å². The van der Waals surface area contributed by atoms with Gasteiger partial charge in [0, 0.05) is 13.3 Å². The molecule has 0 bridgehead atoms. The Labute approximate surface area is 380 Å². The van der Waals surface area contributed by atoms with E-state index >= 15 is 0 Å². The molecule has 11 heteroatoms. The molecule has 11 nitrogen and oxygen atoms in total. The Morgan fingerprint density at radius 2 is 1.00 bits per heavy atom. The summed E-state index contributed by atoms with van der Waals surface area (Å²) in [6.07, 6.45) is 32.9. The number of carbonyl (C=O) groups excluding carboxylic acids is 2. The van der Waals surface area contributed by atoms with E-state index < -0.39 is 61.4 Å². The molecule has 0 unspecified atom stereocenters. The summed E-state index contributed by atoms with van der Waals surface area (Å²) in [4.78, 5) is 25.1. The normalized spacial score (nSPS) is 20.6. The van der Waals surface area contributed by atoms with Crippen LogP contribution in [0.2, 0.25) is 0 Å². The number of amides is 2. The minimum Gasteiger partial charge on any atom is -0.394 e. The second kappa shape index (κ2) is 40.0. The number of rotatable bonds is 43. The molecule has 1 aliphatic rings. The third-order valence-electron chi connectivity index (χ3n) is 12.9. The SMILES string of the molecule is CCCCCCCCCCCCCCCCCCCCCCCC(=O)N[C@@H](CO[C@H]1O[C@H](CO)[C@@H](O)[C@H](O)[C@@H]1NC(C)=O)[C@@H](O)[C@H](O)CCCCCCCCCCCCC(C)C. The topological polar surface area (TPSA) is 178 Å². The van der Waals surface area contributed by atoms with Crippen LogP contribution in [-0.2, 0) is 19.1 Å². The number of aliphatic hydroxyl groups excluding tert-OH is 5. The summed E-state index contributed by atoms with van der Waals surface area (Å²) < 4.78 is 11.7. The quantitative estimate of drug-likeness (QED) is 0.0294. The van der Waals surface area contributed by atoms with Gasteiger partial charge < -0.3 is 45.6 Å². The molecule has 62 heavy (non-hydrogen) atoms. The summed E-state index contributed by atoms with van der Waals surface area (Å²) >= 11 is 0. The van der Waals surface area contributed by atoms with E-state index in [2.05, 4.69) is 31.4 Å². The van der Waals surface area contributed by atoms with Gasteiger partial charge in [-0.05, 0) is 18.8 Å². The van der Waals surface area contributed by atoms with Crippen LogP contribution in [0.25, 0.3) is 0 Å². The summed E-state index contributed by atoms with van der Waals surface area (Å²) in [7, 11) is 0. The van der Waals surface area contributed by atoms with Crippen LogP contribution in [0.5, 0.6) is 0 Å². The second-order valence-corrected chi connectivity index (χ2v) is 19.3. The fraction of sp³-hybridized carbons (Fsp3) is 0.961. The molecule has 0 radical (unpaired) electrons. The van der Waals surface area contributed by atoms with Crippen LogP contribution in [0.15, 0.2) is 0 Å². The molecule has 1 heterocycles. The fourth-order valence-electron chi connectivity index (χ4n) is 8.79. The van der Waals surface area contributed by atoms with Crippen LogP contribution < -0.4 is 10.6 Å². The van der Waals surface area contributed by atoms with Gasteiger partial charge in [-0.25, -0.2) is 0 Å². The molecular weight excluding hydrogens is 785 g/mol. The number of carbonyl (C=O) groups is 2. The molecule has 1 rings (SSSR count). The Hall–Kier alpha value is -1.34. The Kier molecular flexibility index (Phi) is 37.8. The predicted molar refractivity (Wildman–Crippen MR) is 253 cm³/mol. The van der Waals surface area contributed by atoms with Crippen LogP contribution in [0.4, 0.5) is 0 Å². The van der Waals surface area contributed by atoms with Gasteiger partial charge in [0.2, 0.25) is 11.8 Å². The zero-order valence-corrected chi connectivity index (χ0v) is 40.5. The summed E-state index contributed by atoms with van der Waals surface area (Å²) in [5.74, 6) is 0.0459. The summed E-state index contributed by atoms with van der Waals surface area (Å²) in [5.41, 5.74) is 0. The van der Waals surface area contributed by atoms with E-state index in [9.17, 15) is 35.1 Å². The molecule has 0 saturated carbocycles. The highest BCUT2D eigenvalue weighted by Gasteiger charge is 2.46. The highest BCUT2D eigenvalue weighted by atomic mass is 16.7. The van der Waals surface area contributed by atoms with Crippen LogP contribution in [-0.4, -0.2) is 99.5 Å². The van der Waals surface area contributed by atoms with E-state index in [1.165, 1.54) is 161 Å². The first kappa shape index (κ1) is 58.7. The smallest absolute Gasteiger partial charge is 0.220 e. The zero-order valence-electron chi connectivity index (χ0n) is 40.5. The van der Waals surface area contributed by atoms with Crippen molar-refractivity contribution in [2.24, 2.45) is 5.92 Å². The first-order chi connectivity index (χ1) is 30.0. The van der Waals surface area contributed by atoms with E-state index in [0.717, 1.165) is 50.9 Å². The summed E-state index contributed by atoms with van der Waals surface area (Å²) in [5, 5.41) is 58.6. The van der Waals surface area contributed by atoms with Crippen molar-refractivity contribution in [2.45, 2.75) is 295 Å². The van der Waals surface area contributed by atoms with E-state index in [-0.39, 0.29) is 18.9 Å². The molecular formula is C51H100N2O9. The van der Waals surface area contributed by atoms with Crippen LogP contribution in [0.1, 0.15) is 246 Å². The molecule has 0 spiro atoms. The van der Waals surface area contributed by atoms with Crippen molar-refractivity contribution in [3.05, 3.63) is 0 Å². The Morgan fingerprint density at radius 1 is 0.597 bits per heavy atom. The minimum atomic E-state index is -1.49. The van der Waals surface area contributed by atoms with Crippen LogP contribution in [0.3, 0.4) is 0 Å². The first-order valence-corrected chi connectivity index (χ1v) is 26.2. The lowest BCUT2D eigenvalue weighted by Gasteiger charge is -2.42. The highest BCUT2D eigenvalue weighted by Crippen LogP contribution is 2.24. The zero-order chi connectivity index (χ0) is 45.6. The highest BCUT2D eigenvalue weighted by molar-refractivity contribution is 5.76. The molecule has 1 saturated heterocycles. The minimum absolute atomic E-state index is 0.255. The van der Waals surface area contributed by atoms with Gasteiger partial charge in [0.25, 0.3) is 0 Å². The number of aliphatic hydroxyl groups is 5. The molecule has 0 aromatic rings. The van der Waals surface area contributed by atoms with Crippen molar-refractivity contribution in [1.82, 2.24) is 10.6 Å². The van der Waals surface area contributed by atoms with Crippen molar-refractivity contribution in [2.75, 3.05) is 13.2 Å². The van der Waals surface area contributed by atoms with Crippen molar-refractivity contribution in [1.29, 1.82) is 0 Å². The fourth-order valence-corrected chi connectivity index (χ4v) is 8.79. The number of hydrogen-bond donors (Lipinski definition) is 7. The molecule has 1 fully saturated rings. The summed E-state index contributed by atoms with van der Waals surface area (Å²) in [6, 6.07) is -2.15. The number of nitrogens with one attached hydrogen (secondary N) is 2. The van der Waals surface area contributed by atoms with Gasteiger partial charge in [-0.2, -0.15) is 0 Å².